The van der Waals surface area contributed by atoms with Crippen molar-refractivity contribution >= 4 is 11.7 Å². The van der Waals surface area contributed by atoms with E-state index in [0.29, 0.717) is 0 Å². The third kappa shape index (κ3) is 3.85. The molecule has 0 aliphatic rings. The molecule has 0 amide bonds. The van der Waals surface area contributed by atoms with Gasteiger partial charge >= 0.3 is 5.97 Å². The normalized spacial score (nSPS) is 12.0. The third-order valence-corrected chi connectivity index (χ3v) is 3.68. The zero-order valence-corrected chi connectivity index (χ0v) is 12.7. The molecule has 0 fully saturated rings. The molecule has 1 N–H and O–H groups in total. The molecule has 2 aromatic rings. The summed E-state index contributed by atoms with van der Waals surface area (Å²) in [6.45, 7) is 1.94. The minimum Gasteiger partial charge on any atom is -0.481 e. The van der Waals surface area contributed by atoms with E-state index >= 15 is 0 Å². The third-order valence-electron chi connectivity index (χ3n) is 3.68. The van der Waals surface area contributed by atoms with Gasteiger partial charge in [-0.1, -0.05) is 43.3 Å². The van der Waals surface area contributed by atoms with Gasteiger partial charge in [0.25, 0.3) is 0 Å². The van der Waals surface area contributed by atoms with Crippen LogP contribution in [0.2, 0.25) is 0 Å². The van der Waals surface area contributed by atoms with Crippen LogP contribution in [0.4, 0.5) is 5.69 Å². The van der Waals surface area contributed by atoms with Crippen molar-refractivity contribution in [2.45, 2.75) is 19.3 Å². The number of hydrogen-bond donors (Lipinski definition) is 1. The van der Waals surface area contributed by atoms with Crippen molar-refractivity contribution in [3.05, 3.63) is 54.1 Å². The summed E-state index contributed by atoms with van der Waals surface area (Å²) >= 11 is 0. The second kappa shape index (κ2) is 6.44. The van der Waals surface area contributed by atoms with Crippen LogP contribution >= 0.6 is 0 Å². The molecule has 0 saturated carbocycles. The molecule has 2 aromatic carbocycles. The zero-order chi connectivity index (χ0) is 15.4. The summed E-state index contributed by atoms with van der Waals surface area (Å²) in [7, 11) is 4.04. The summed E-state index contributed by atoms with van der Waals surface area (Å²) in [6, 6.07) is 16.5. The van der Waals surface area contributed by atoms with Gasteiger partial charge in [0.2, 0.25) is 0 Å². The molecule has 0 aliphatic heterocycles. The predicted octanol–water partition coefficient (Wildman–Crippen LogP) is 4.00. The van der Waals surface area contributed by atoms with Crippen molar-refractivity contribution in [3.63, 3.8) is 0 Å². The highest BCUT2D eigenvalue weighted by Gasteiger charge is 2.10. The number of carboxylic acid groups (broad SMARTS) is 1. The van der Waals surface area contributed by atoms with Crippen molar-refractivity contribution in [3.8, 4) is 11.1 Å². The Labute approximate surface area is 125 Å². The van der Waals surface area contributed by atoms with E-state index in [1.165, 1.54) is 5.69 Å². The molecule has 0 aliphatic carbocycles. The summed E-state index contributed by atoms with van der Waals surface area (Å²) in [5.41, 5.74) is 4.54. The Morgan fingerprint density at radius 2 is 1.48 bits per heavy atom. The molecule has 1 atom stereocenters. The van der Waals surface area contributed by atoms with E-state index in [0.717, 1.165) is 16.7 Å². The molecule has 3 heteroatoms. The summed E-state index contributed by atoms with van der Waals surface area (Å²) in [5, 5.41) is 8.84. The molecule has 0 heterocycles. The highest BCUT2D eigenvalue weighted by atomic mass is 16.4. The summed E-state index contributed by atoms with van der Waals surface area (Å²) < 4.78 is 0. The van der Waals surface area contributed by atoms with Crippen molar-refractivity contribution in [2.75, 3.05) is 19.0 Å². The molecule has 0 aromatic heterocycles. The second-order valence-corrected chi connectivity index (χ2v) is 5.56. The molecule has 1 unspecified atom stereocenters. The number of rotatable bonds is 5. The highest BCUT2D eigenvalue weighted by Crippen LogP contribution is 2.25. The minimum absolute atomic E-state index is 0.0349. The number of nitrogens with zero attached hydrogens (tertiary/aromatic N) is 1. The molecule has 0 radical (unpaired) electrons. The lowest BCUT2D eigenvalue weighted by Crippen LogP contribution is -2.07. The Kier molecular flexibility index (Phi) is 4.63. The maximum Gasteiger partial charge on any atom is 0.303 e. The van der Waals surface area contributed by atoms with Crippen LogP contribution in [0.15, 0.2) is 48.5 Å². The van der Waals surface area contributed by atoms with E-state index in [9.17, 15) is 4.79 Å². The SMILES string of the molecule is CC(CC(=O)O)c1ccc(-c2ccc(N(C)C)cc2)cc1. The molecular weight excluding hydrogens is 262 g/mol. The first kappa shape index (κ1) is 15.1. The average Bonchev–Trinajstić information content (AvgIpc) is 2.47. The number of carbonyl (C=O) groups is 1. The number of aliphatic carboxylic acids is 1. The lowest BCUT2D eigenvalue weighted by molar-refractivity contribution is -0.137. The van der Waals surface area contributed by atoms with E-state index in [1.807, 2.05) is 33.2 Å². The quantitative estimate of drug-likeness (QED) is 0.901. The van der Waals surface area contributed by atoms with E-state index in [4.69, 9.17) is 5.11 Å². The van der Waals surface area contributed by atoms with Crippen molar-refractivity contribution in [1.82, 2.24) is 0 Å². The van der Waals surface area contributed by atoms with Gasteiger partial charge in [0.05, 0.1) is 6.42 Å². The fourth-order valence-corrected chi connectivity index (χ4v) is 2.34. The van der Waals surface area contributed by atoms with E-state index < -0.39 is 5.97 Å². The minimum atomic E-state index is -0.758. The molecule has 3 nitrogen and oxygen atoms in total. The number of benzene rings is 2. The molecule has 0 spiro atoms. The van der Waals surface area contributed by atoms with Gasteiger partial charge in [0, 0.05) is 19.8 Å². The maximum atomic E-state index is 10.8. The van der Waals surface area contributed by atoms with Crippen LogP contribution in [-0.2, 0) is 4.79 Å². The molecule has 110 valence electrons. The van der Waals surface area contributed by atoms with Gasteiger partial charge < -0.3 is 10.0 Å². The first-order valence-corrected chi connectivity index (χ1v) is 7.07. The van der Waals surface area contributed by atoms with Gasteiger partial charge in [0.1, 0.15) is 0 Å². The lowest BCUT2D eigenvalue weighted by atomic mass is 9.95. The number of carboxylic acids is 1. The Hall–Kier alpha value is -2.29. The largest absolute Gasteiger partial charge is 0.481 e. The Morgan fingerprint density at radius 1 is 1.00 bits per heavy atom. The van der Waals surface area contributed by atoms with Gasteiger partial charge in [-0.05, 0) is 34.7 Å². The highest BCUT2D eigenvalue weighted by molar-refractivity contribution is 5.69. The predicted molar refractivity (Wildman–Crippen MR) is 86.9 cm³/mol. The fourth-order valence-electron chi connectivity index (χ4n) is 2.34. The Bertz CT molecular complexity index is 600. The Balaban J connectivity index is 2.16. The van der Waals surface area contributed by atoms with Crippen LogP contribution in [0, 0.1) is 0 Å². The fraction of sp³-hybridized carbons (Fsp3) is 0.278. The molecule has 2 rings (SSSR count). The van der Waals surface area contributed by atoms with Gasteiger partial charge in [-0.3, -0.25) is 4.79 Å². The van der Waals surface area contributed by atoms with E-state index in [1.54, 1.807) is 0 Å². The van der Waals surface area contributed by atoms with Gasteiger partial charge in [0.15, 0.2) is 0 Å². The van der Waals surface area contributed by atoms with Crippen molar-refractivity contribution in [2.24, 2.45) is 0 Å². The van der Waals surface area contributed by atoms with Crippen LogP contribution in [0.3, 0.4) is 0 Å². The smallest absolute Gasteiger partial charge is 0.303 e. The average molecular weight is 283 g/mol. The van der Waals surface area contributed by atoms with Gasteiger partial charge in [-0.25, -0.2) is 0 Å². The van der Waals surface area contributed by atoms with Crippen LogP contribution in [0.1, 0.15) is 24.8 Å². The summed E-state index contributed by atoms with van der Waals surface area (Å²) in [5.74, 6) is -0.724. The standard InChI is InChI=1S/C18H21NO2/c1-13(12-18(20)21)14-4-6-15(7-5-14)16-8-10-17(11-9-16)19(2)3/h4-11,13H,12H2,1-3H3,(H,20,21). The van der Waals surface area contributed by atoms with Crippen LogP contribution in [0.25, 0.3) is 11.1 Å². The number of anilines is 1. The van der Waals surface area contributed by atoms with Crippen LogP contribution < -0.4 is 4.90 Å². The molecule has 0 bridgehead atoms. The first-order chi connectivity index (χ1) is 9.97. The summed E-state index contributed by atoms with van der Waals surface area (Å²) in [6.07, 6.45) is 0.164. The number of hydrogen-bond acceptors (Lipinski definition) is 2. The van der Waals surface area contributed by atoms with Crippen LogP contribution in [0.5, 0.6) is 0 Å². The monoisotopic (exact) mass is 283 g/mol. The Morgan fingerprint density at radius 3 is 1.90 bits per heavy atom. The van der Waals surface area contributed by atoms with Crippen molar-refractivity contribution in [1.29, 1.82) is 0 Å². The summed E-state index contributed by atoms with van der Waals surface area (Å²) in [4.78, 5) is 12.8. The maximum absolute atomic E-state index is 10.8. The molecular formula is C18H21NO2. The van der Waals surface area contributed by atoms with Crippen molar-refractivity contribution < 1.29 is 9.90 Å². The van der Waals surface area contributed by atoms with Gasteiger partial charge in [-0.2, -0.15) is 0 Å². The van der Waals surface area contributed by atoms with Crippen LogP contribution in [-0.4, -0.2) is 25.2 Å². The zero-order valence-electron chi connectivity index (χ0n) is 12.7. The lowest BCUT2D eigenvalue weighted by Gasteiger charge is -2.13. The van der Waals surface area contributed by atoms with E-state index in [-0.39, 0.29) is 12.3 Å². The topological polar surface area (TPSA) is 40.5 Å². The second-order valence-electron chi connectivity index (χ2n) is 5.56. The van der Waals surface area contributed by atoms with Gasteiger partial charge in [-0.15, -0.1) is 0 Å². The molecule has 0 saturated heterocycles. The first-order valence-electron chi connectivity index (χ1n) is 7.07. The molecule has 21 heavy (non-hydrogen) atoms. The van der Waals surface area contributed by atoms with E-state index in [2.05, 4.69) is 41.3 Å².